The van der Waals surface area contributed by atoms with Crippen LogP contribution in [0, 0.1) is 6.92 Å². The van der Waals surface area contributed by atoms with Gasteiger partial charge in [-0.25, -0.2) is 4.79 Å². The highest BCUT2D eigenvalue weighted by atomic mass is 32.2. The van der Waals surface area contributed by atoms with E-state index in [4.69, 9.17) is 23.1 Å². The van der Waals surface area contributed by atoms with Crippen molar-refractivity contribution in [3.8, 4) is 0 Å². The lowest BCUT2D eigenvalue weighted by atomic mass is 10.0. The van der Waals surface area contributed by atoms with Crippen LogP contribution in [0.1, 0.15) is 35.7 Å². The zero-order chi connectivity index (χ0) is 22.7. The number of ether oxygens (including phenoxy) is 4. The maximum absolute atomic E-state index is 12.6. The number of hydrogen-bond acceptors (Lipinski definition) is 8. The Bertz CT molecular complexity index is 1020. The molecule has 2 saturated heterocycles. The zero-order valence-electron chi connectivity index (χ0n) is 17.9. The fourth-order valence-electron chi connectivity index (χ4n) is 3.64. The molecular formula is C23H26O8S. The van der Waals surface area contributed by atoms with E-state index >= 15 is 0 Å². The second-order valence-corrected chi connectivity index (χ2v) is 9.41. The monoisotopic (exact) mass is 462 g/mol. The van der Waals surface area contributed by atoms with Crippen molar-refractivity contribution in [1.29, 1.82) is 0 Å². The van der Waals surface area contributed by atoms with E-state index < -0.39 is 47.0 Å². The van der Waals surface area contributed by atoms with Crippen LogP contribution in [0.25, 0.3) is 0 Å². The summed E-state index contributed by atoms with van der Waals surface area (Å²) < 4.78 is 53.5. The first-order chi connectivity index (χ1) is 15.4. The zero-order valence-corrected chi connectivity index (χ0v) is 18.7. The topological polar surface area (TPSA) is 97.4 Å². The van der Waals surface area contributed by atoms with Gasteiger partial charge >= 0.3 is 5.97 Å². The van der Waals surface area contributed by atoms with Crippen LogP contribution in [0.5, 0.6) is 0 Å². The lowest BCUT2D eigenvalue weighted by Gasteiger charge is -2.35. The van der Waals surface area contributed by atoms with Gasteiger partial charge in [0.15, 0.2) is 12.6 Å². The molecule has 0 amide bonds. The van der Waals surface area contributed by atoms with Crippen molar-refractivity contribution in [2.24, 2.45) is 0 Å². The van der Waals surface area contributed by atoms with E-state index in [0.29, 0.717) is 12.0 Å². The minimum absolute atomic E-state index is 0.0651. The van der Waals surface area contributed by atoms with E-state index in [1.54, 1.807) is 36.4 Å². The average molecular weight is 463 g/mol. The van der Waals surface area contributed by atoms with Crippen LogP contribution in [-0.4, -0.2) is 51.9 Å². The minimum Gasteiger partial charge on any atom is -0.456 e. The molecular weight excluding hydrogens is 436 g/mol. The summed E-state index contributed by atoms with van der Waals surface area (Å²) >= 11 is 0. The maximum atomic E-state index is 12.6. The molecule has 5 atom stereocenters. The van der Waals surface area contributed by atoms with E-state index in [1.807, 2.05) is 19.9 Å². The summed E-state index contributed by atoms with van der Waals surface area (Å²) in [5.74, 6) is -0.494. The summed E-state index contributed by atoms with van der Waals surface area (Å²) in [4.78, 5) is 12.7. The number of benzene rings is 2. The standard InChI is InChI=1S/C23H26O8S/c1-3-20-30-21-19(29-22(24)16-7-5-4-6-8-16)13-17(28-23(21)31-20)14-27-32(25,26)18-11-9-15(2)10-12-18/h4-12,17,19-21,23H,3,13-14H2,1-2H3/t17-,19-,20?,21+,23+/m0/s1. The first kappa shape index (κ1) is 22.9. The molecule has 0 aromatic heterocycles. The van der Waals surface area contributed by atoms with Gasteiger partial charge in [0.1, 0.15) is 12.2 Å². The van der Waals surface area contributed by atoms with Gasteiger partial charge in [0, 0.05) is 6.42 Å². The summed E-state index contributed by atoms with van der Waals surface area (Å²) in [6.07, 6.45) is -2.39. The van der Waals surface area contributed by atoms with Gasteiger partial charge in [-0.2, -0.15) is 8.42 Å². The third-order valence-electron chi connectivity index (χ3n) is 5.37. The van der Waals surface area contributed by atoms with Gasteiger partial charge in [0.25, 0.3) is 10.1 Å². The highest BCUT2D eigenvalue weighted by Gasteiger charge is 2.49. The van der Waals surface area contributed by atoms with E-state index in [2.05, 4.69) is 0 Å². The first-order valence-electron chi connectivity index (χ1n) is 10.5. The van der Waals surface area contributed by atoms with Crippen LogP contribution in [0.2, 0.25) is 0 Å². The van der Waals surface area contributed by atoms with Gasteiger partial charge in [-0.05, 0) is 37.6 Å². The fourth-order valence-corrected chi connectivity index (χ4v) is 4.58. The number of hydrogen-bond donors (Lipinski definition) is 0. The van der Waals surface area contributed by atoms with Gasteiger partial charge < -0.3 is 18.9 Å². The van der Waals surface area contributed by atoms with Crippen molar-refractivity contribution < 1.29 is 36.3 Å². The molecule has 0 saturated carbocycles. The molecule has 9 heteroatoms. The van der Waals surface area contributed by atoms with Gasteiger partial charge in [-0.1, -0.05) is 42.8 Å². The molecule has 2 heterocycles. The first-order valence-corrected chi connectivity index (χ1v) is 11.9. The Morgan fingerprint density at radius 1 is 1.03 bits per heavy atom. The van der Waals surface area contributed by atoms with Crippen molar-refractivity contribution in [3.05, 3.63) is 65.7 Å². The fraction of sp³-hybridized carbons (Fsp3) is 0.435. The highest BCUT2D eigenvalue weighted by Crippen LogP contribution is 2.34. The summed E-state index contributed by atoms with van der Waals surface area (Å²) in [6, 6.07) is 15.0. The summed E-state index contributed by atoms with van der Waals surface area (Å²) in [6.45, 7) is 3.54. The maximum Gasteiger partial charge on any atom is 0.338 e. The number of esters is 1. The third kappa shape index (κ3) is 5.19. The molecule has 0 spiro atoms. The summed E-state index contributed by atoms with van der Waals surface area (Å²) in [5, 5.41) is 0. The van der Waals surface area contributed by atoms with Crippen molar-refractivity contribution in [1.82, 2.24) is 0 Å². The molecule has 32 heavy (non-hydrogen) atoms. The predicted octanol–water partition coefficient (Wildman–Crippen LogP) is 3.19. The number of carbonyl (C=O) groups is 1. The Morgan fingerprint density at radius 3 is 2.44 bits per heavy atom. The van der Waals surface area contributed by atoms with Crippen LogP contribution < -0.4 is 0 Å². The molecule has 0 N–H and O–H groups in total. The lowest BCUT2D eigenvalue weighted by Crippen LogP contribution is -2.49. The molecule has 172 valence electrons. The lowest BCUT2D eigenvalue weighted by molar-refractivity contribution is -0.212. The number of aryl methyl sites for hydroxylation is 1. The van der Waals surface area contributed by atoms with E-state index in [9.17, 15) is 13.2 Å². The Morgan fingerprint density at radius 2 is 1.75 bits per heavy atom. The number of carbonyl (C=O) groups excluding carboxylic acids is 1. The molecule has 2 fully saturated rings. The Balaban J connectivity index is 1.45. The van der Waals surface area contributed by atoms with Crippen molar-refractivity contribution in [2.45, 2.75) is 62.5 Å². The Hall–Kier alpha value is -2.30. The molecule has 4 rings (SSSR count). The molecule has 0 aliphatic carbocycles. The molecule has 0 radical (unpaired) electrons. The van der Waals surface area contributed by atoms with Crippen LogP contribution in [0.4, 0.5) is 0 Å². The Labute approximate surface area is 187 Å². The molecule has 2 aromatic rings. The van der Waals surface area contributed by atoms with Crippen LogP contribution in [0.15, 0.2) is 59.5 Å². The molecule has 8 nitrogen and oxygen atoms in total. The van der Waals surface area contributed by atoms with Gasteiger partial charge in [0.05, 0.1) is 23.2 Å². The van der Waals surface area contributed by atoms with Gasteiger partial charge in [0.2, 0.25) is 0 Å². The Kier molecular flexibility index (Phi) is 6.92. The number of fused-ring (bicyclic) bond motifs is 1. The van der Waals surface area contributed by atoms with Crippen molar-refractivity contribution >= 4 is 16.1 Å². The van der Waals surface area contributed by atoms with Gasteiger partial charge in [-0.15, -0.1) is 0 Å². The molecule has 2 aliphatic rings. The largest absolute Gasteiger partial charge is 0.456 e. The van der Waals surface area contributed by atoms with Crippen molar-refractivity contribution in [3.63, 3.8) is 0 Å². The van der Waals surface area contributed by atoms with Gasteiger partial charge in [-0.3, -0.25) is 4.18 Å². The highest BCUT2D eigenvalue weighted by molar-refractivity contribution is 7.86. The summed E-state index contributed by atoms with van der Waals surface area (Å²) in [7, 11) is -3.96. The van der Waals surface area contributed by atoms with Crippen LogP contribution in [0.3, 0.4) is 0 Å². The molecule has 2 aromatic carbocycles. The van der Waals surface area contributed by atoms with E-state index in [0.717, 1.165) is 5.56 Å². The number of rotatable bonds is 7. The van der Waals surface area contributed by atoms with E-state index in [-0.39, 0.29) is 17.9 Å². The molecule has 2 aliphatic heterocycles. The van der Waals surface area contributed by atoms with Crippen LogP contribution in [-0.2, 0) is 33.2 Å². The smallest absolute Gasteiger partial charge is 0.338 e. The second-order valence-electron chi connectivity index (χ2n) is 7.80. The SMILES string of the molecule is CCC1O[C@H]2O[C@H](COS(=O)(=O)c3ccc(C)cc3)C[C@H](OC(=O)c3ccccc3)[C@H]2O1. The summed E-state index contributed by atoms with van der Waals surface area (Å²) in [5.41, 5.74) is 1.36. The normalized spacial score (nSPS) is 27.6. The molecule has 0 bridgehead atoms. The minimum atomic E-state index is -3.96. The predicted molar refractivity (Wildman–Crippen MR) is 113 cm³/mol. The van der Waals surface area contributed by atoms with E-state index in [1.165, 1.54) is 12.1 Å². The molecule has 1 unspecified atom stereocenters. The third-order valence-corrected chi connectivity index (χ3v) is 6.67. The van der Waals surface area contributed by atoms with Crippen molar-refractivity contribution in [2.75, 3.05) is 6.61 Å². The second kappa shape index (κ2) is 9.68. The quantitative estimate of drug-likeness (QED) is 0.457. The van der Waals surface area contributed by atoms with Crippen LogP contribution >= 0.6 is 0 Å². The average Bonchev–Trinajstić information content (AvgIpc) is 3.22.